The molecule has 4 N–H and O–H groups in total. The topological polar surface area (TPSA) is 132 Å². The summed E-state index contributed by atoms with van der Waals surface area (Å²) >= 11 is 0. The third kappa shape index (κ3) is 2.96. The van der Waals surface area contributed by atoms with Crippen molar-refractivity contribution < 1.29 is 34.8 Å². The molecule has 7 nitrogen and oxygen atoms in total. The van der Waals surface area contributed by atoms with Crippen LogP contribution in [-0.2, 0) is 0 Å². The lowest BCUT2D eigenvalue weighted by molar-refractivity contribution is 0.0632. The molecular weight excluding hydrogens is 247 g/mol. The van der Waals surface area contributed by atoms with Gasteiger partial charge in [0, 0.05) is 0 Å². The summed E-state index contributed by atoms with van der Waals surface area (Å²) < 4.78 is 0. The van der Waals surface area contributed by atoms with E-state index in [0.29, 0.717) is 12.1 Å². The van der Waals surface area contributed by atoms with Crippen LogP contribution in [0.1, 0.15) is 31.1 Å². The molecule has 0 saturated heterocycles. The SMILES string of the molecule is O=C(O)c1cc(O)cc(C(=O)O)c1C(=O)O.[AlH3]. The van der Waals surface area contributed by atoms with Crippen molar-refractivity contribution in [2.24, 2.45) is 0 Å². The van der Waals surface area contributed by atoms with E-state index in [4.69, 9.17) is 20.4 Å². The molecule has 8 heteroatoms. The van der Waals surface area contributed by atoms with E-state index >= 15 is 0 Å². The summed E-state index contributed by atoms with van der Waals surface area (Å²) in [4.78, 5) is 32.1. The summed E-state index contributed by atoms with van der Waals surface area (Å²) in [5.41, 5.74) is -2.41. The Labute approximate surface area is 105 Å². The van der Waals surface area contributed by atoms with Crippen LogP contribution in [0, 0.1) is 0 Å². The largest absolute Gasteiger partial charge is 0.508 e. The molecule has 0 aliphatic carbocycles. The van der Waals surface area contributed by atoms with Crippen LogP contribution in [0.5, 0.6) is 5.75 Å². The van der Waals surface area contributed by atoms with Gasteiger partial charge in [0.2, 0.25) is 0 Å². The quantitative estimate of drug-likeness (QED) is 0.526. The maximum absolute atomic E-state index is 10.8. The molecule has 0 aliphatic rings. The van der Waals surface area contributed by atoms with E-state index in [2.05, 4.69) is 0 Å². The highest BCUT2D eigenvalue weighted by Crippen LogP contribution is 2.22. The summed E-state index contributed by atoms with van der Waals surface area (Å²) in [7, 11) is 0. The van der Waals surface area contributed by atoms with Crippen LogP contribution in [0.15, 0.2) is 12.1 Å². The molecule has 0 bridgehead atoms. The fraction of sp³-hybridized carbons (Fsp3) is 0. The Morgan fingerprint density at radius 1 is 0.824 bits per heavy atom. The molecule has 0 aliphatic heterocycles. The average Bonchev–Trinajstić information content (AvgIpc) is 2.15. The summed E-state index contributed by atoms with van der Waals surface area (Å²) in [5.74, 6) is -5.57. The van der Waals surface area contributed by atoms with Crippen molar-refractivity contribution >= 4 is 35.3 Å². The Morgan fingerprint density at radius 3 is 1.41 bits per heavy atom. The molecule has 1 aromatic rings. The minimum atomic E-state index is -1.69. The van der Waals surface area contributed by atoms with E-state index < -0.39 is 40.3 Å². The zero-order valence-corrected chi connectivity index (χ0v) is 7.67. The van der Waals surface area contributed by atoms with Gasteiger partial charge in [0.05, 0.1) is 16.7 Å². The first-order valence-corrected chi connectivity index (χ1v) is 3.91. The van der Waals surface area contributed by atoms with Crippen molar-refractivity contribution in [1.82, 2.24) is 0 Å². The van der Waals surface area contributed by atoms with E-state index in [1.165, 1.54) is 0 Å². The Bertz CT molecular complexity index is 459. The molecule has 0 saturated carbocycles. The number of carboxylic acids is 3. The van der Waals surface area contributed by atoms with Gasteiger partial charge in [-0.2, -0.15) is 0 Å². The minimum absolute atomic E-state index is 0. The fourth-order valence-corrected chi connectivity index (χ4v) is 1.19. The average molecular weight is 256 g/mol. The Morgan fingerprint density at radius 2 is 1.18 bits per heavy atom. The molecule has 0 heterocycles. The summed E-state index contributed by atoms with van der Waals surface area (Å²) in [6, 6.07) is 1.36. The van der Waals surface area contributed by atoms with Crippen LogP contribution in [0.3, 0.4) is 0 Å². The number of phenols is 1. The van der Waals surface area contributed by atoms with E-state index in [1.54, 1.807) is 0 Å². The van der Waals surface area contributed by atoms with Crippen LogP contribution in [0.4, 0.5) is 0 Å². The zero-order valence-electron chi connectivity index (χ0n) is 7.67. The molecule has 0 fully saturated rings. The number of hydrogen-bond acceptors (Lipinski definition) is 4. The minimum Gasteiger partial charge on any atom is -0.508 e. The Kier molecular flexibility index (Phi) is 4.70. The van der Waals surface area contributed by atoms with E-state index in [1.807, 2.05) is 0 Å². The van der Waals surface area contributed by atoms with Gasteiger partial charge in [0.15, 0.2) is 17.4 Å². The van der Waals surface area contributed by atoms with Gasteiger partial charge in [-0.25, -0.2) is 14.4 Å². The lowest BCUT2D eigenvalue weighted by Gasteiger charge is -2.06. The highest BCUT2D eigenvalue weighted by molar-refractivity contribution is 6.09. The van der Waals surface area contributed by atoms with Gasteiger partial charge in [0.1, 0.15) is 5.75 Å². The van der Waals surface area contributed by atoms with Crippen molar-refractivity contribution in [2.45, 2.75) is 0 Å². The predicted molar refractivity (Wildman–Crippen MR) is 58.9 cm³/mol. The van der Waals surface area contributed by atoms with Crippen molar-refractivity contribution in [3.63, 3.8) is 0 Å². The van der Waals surface area contributed by atoms with Crippen LogP contribution in [0.25, 0.3) is 0 Å². The number of aromatic hydroxyl groups is 1. The molecule has 17 heavy (non-hydrogen) atoms. The maximum Gasteiger partial charge on any atom is 0.337 e. The van der Waals surface area contributed by atoms with Crippen LogP contribution in [0.2, 0.25) is 0 Å². The lowest BCUT2D eigenvalue weighted by atomic mass is 10.0. The third-order valence-corrected chi connectivity index (χ3v) is 1.80. The summed E-state index contributed by atoms with van der Waals surface area (Å²) in [5, 5.41) is 35.2. The van der Waals surface area contributed by atoms with Crippen molar-refractivity contribution in [3.05, 3.63) is 28.8 Å². The monoisotopic (exact) mass is 256 g/mol. The first-order chi connectivity index (χ1) is 7.34. The fourth-order valence-electron chi connectivity index (χ4n) is 1.19. The van der Waals surface area contributed by atoms with Gasteiger partial charge < -0.3 is 20.4 Å². The number of aromatic carboxylic acids is 3. The third-order valence-electron chi connectivity index (χ3n) is 1.80. The second-order valence-corrected chi connectivity index (χ2v) is 2.83. The predicted octanol–water partition coefficient (Wildman–Crippen LogP) is -0.697. The standard InChI is InChI=1S/C9H6O7.Al.3H/c10-3-1-4(7(11)12)6(9(15)16)5(2-3)8(13)14;;;;/h1-2,10H,(H,11,12)(H,13,14)(H,15,16);;;;. The van der Waals surface area contributed by atoms with Gasteiger partial charge in [-0.15, -0.1) is 0 Å². The number of phenolic OH excluding ortho intramolecular Hbond substituents is 1. The van der Waals surface area contributed by atoms with Gasteiger partial charge in [0.25, 0.3) is 0 Å². The van der Waals surface area contributed by atoms with Crippen molar-refractivity contribution in [1.29, 1.82) is 0 Å². The van der Waals surface area contributed by atoms with Gasteiger partial charge in [-0.1, -0.05) is 0 Å². The zero-order chi connectivity index (χ0) is 12.5. The van der Waals surface area contributed by atoms with E-state index in [-0.39, 0.29) is 17.4 Å². The van der Waals surface area contributed by atoms with Crippen LogP contribution >= 0.6 is 0 Å². The molecular formula is C9H9AlO7. The maximum atomic E-state index is 10.8. The molecule has 0 aromatic heterocycles. The first-order valence-electron chi connectivity index (χ1n) is 3.91. The number of hydrogen-bond donors (Lipinski definition) is 4. The molecule has 1 aromatic carbocycles. The van der Waals surface area contributed by atoms with Crippen molar-refractivity contribution in [2.75, 3.05) is 0 Å². The second-order valence-electron chi connectivity index (χ2n) is 2.83. The number of benzene rings is 1. The van der Waals surface area contributed by atoms with Crippen LogP contribution < -0.4 is 0 Å². The van der Waals surface area contributed by atoms with Gasteiger partial charge in [-0.05, 0) is 12.1 Å². The highest BCUT2D eigenvalue weighted by Gasteiger charge is 2.24. The van der Waals surface area contributed by atoms with Gasteiger partial charge >= 0.3 is 17.9 Å². The Hall–Kier alpha value is -2.04. The molecule has 0 spiro atoms. The van der Waals surface area contributed by atoms with Gasteiger partial charge in [-0.3, -0.25) is 0 Å². The smallest absolute Gasteiger partial charge is 0.337 e. The summed E-state index contributed by atoms with van der Waals surface area (Å²) in [6.07, 6.45) is 0. The summed E-state index contributed by atoms with van der Waals surface area (Å²) in [6.45, 7) is 0. The van der Waals surface area contributed by atoms with E-state index in [0.717, 1.165) is 0 Å². The highest BCUT2D eigenvalue weighted by atomic mass is 27.0. The number of carboxylic acid groups (broad SMARTS) is 3. The molecule has 0 atom stereocenters. The molecule has 90 valence electrons. The van der Waals surface area contributed by atoms with E-state index in [9.17, 15) is 14.4 Å². The molecule has 0 radical (unpaired) electrons. The van der Waals surface area contributed by atoms with Crippen molar-refractivity contribution in [3.8, 4) is 5.75 Å². The normalized spacial score (nSPS) is 9.18. The number of carbonyl (C=O) groups is 3. The first kappa shape index (κ1) is 15.0. The lowest BCUT2D eigenvalue weighted by Crippen LogP contribution is -2.14. The Balaban J connectivity index is 0.00000256. The molecule has 1 rings (SSSR count). The molecule has 0 amide bonds. The second kappa shape index (κ2) is 5.34. The number of rotatable bonds is 3. The molecule has 0 unspecified atom stereocenters. The van der Waals surface area contributed by atoms with Crippen LogP contribution in [-0.4, -0.2) is 55.7 Å².